The third-order valence-corrected chi connectivity index (χ3v) is 4.85. The Balaban J connectivity index is 1.42. The summed E-state index contributed by atoms with van der Waals surface area (Å²) in [5.74, 6) is -0.0536. The Labute approximate surface area is 150 Å². The molecule has 5 nitrogen and oxygen atoms in total. The van der Waals surface area contributed by atoms with Gasteiger partial charge in [0.1, 0.15) is 5.69 Å². The van der Waals surface area contributed by atoms with Crippen molar-refractivity contribution in [1.29, 1.82) is 0 Å². The molecule has 1 aliphatic heterocycles. The lowest BCUT2D eigenvalue weighted by atomic mass is 10.0. The molecule has 1 saturated heterocycles. The molecular weight excluding hydrogens is 312 g/mol. The van der Waals surface area contributed by atoms with Crippen LogP contribution in [0, 0.1) is 0 Å². The van der Waals surface area contributed by atoms with Crippen molar-refractivity contribution in [3.8, 4) is 0 Å². The van der Waals surface area contributed by atoms with E-state index in [1.165, 1.54) is 5.56 Å². The Kier molecular flexibility index (Phi) is 5.87. The van der Waals surface area contributed by atoms with Crippen LogP contribution in [0.2, 0.25) is 0 Å². The molecular formula is C20H28N4O. The zero-order valence-corrected chi connectivity index (χ0v) is 15.2. The minimum absolute atomic E-state index is 0.0536. The summed E-state index contributed by atoms with van der Waals surface area (Å²) in [4.78, 5) is 14.8. The summed E-state index contributed by atoms with van der Waals surface area (Å²) in [5.41, 5.74) is 1.90. The van der Waals surface area contributed by atoms with Gasteiger partial charge in [-0.1, -0.05) is 30.3 Å². The van der Waals surface area contributed by atoms with E-state index >= 15 is 0 Å². The number of carbonyl (C=O) groups excluding carboxylic acids is 1. The SMILES string of the molecule is CC(C)n1ccc(C(=O)NC2CCN(CCc3ccccc3)CC2)n1. The number of rotatable bonds is 6. The highest BCUT2D eigenvalue weighted by atomic mass is 16.2. The molecule has 25 heavy (non-hydrogen) atoms. The number of likely N-dealkylation sites (tertiary alicyclic amines) is 1. The Bertz CT molecular complexity index is 672. The van der Waals surface area contributed by atoms with Crippen LogP contribution in [0.25, 0.3) is 0 Å². The van der Waals surface area contributed by atoms with Crippen LogP contribution in [0.15, 0.2) is 42.6 Å². The van der Waals surface area contributed by atoms with Crippen molar-refractivity contribution >= 4 is 5.91 Å². The maximum Gasteiger partial charge on any atom is 0.271 e. The zero-order valence-electron chi connectivity index (χ0n) is 15.2. The van der Waals surface area contributed by atoms with Gasteiger partial charge in [-0.15, -0.1) is 0 Å². The van der Waals surface area contributed by atoms with E-state index in [-0.39, 0.29) is 18.0 Å². The highest BCUT2D eigenvalue weighted by Crippen LogP contribution is 2.12. The average molecular weight is 340 g/mol. The number of hydrogen-bond donors (Lipinski definition) is 1. The van der Waals surface area contributed by atoms with E-state index in [1.807, 2.05) is 10.9 Å². The first kappa shape index (κ1) is 17.7. The largest absolute Gasteiger partial charge is 0.348 e. The van der Waals surface area contributed by atoms with Gasteiger partial charge in [0.05, 0.1) is 0 Å². The molecule has 1 amide bonds. The molecule has 2 heterocycles. The van der Waals surface area contributed by atoms with E-state index in [9.17, 15) is 4.79 Å². The highest BCUT2D eigenvalue weighted by molar-refractivity contribution is 5.92. The lowest BCUT2D eigenvalue weighted by Crippen LogP contribution is -2.45. The first-order valence-corrected chi connectivity index (χ1v) is 9.24. The third-order valence-electron chi connectivity index (χ3n) is 4.85. The smallest absolute Gasteiger partial charge is 0.271 e. The van der Waals surface area contributed by atoms with Gasteiger partial charge in [-0.3, -0.25) is 9.48 Å². The van der Waals surface area contributed by atoms with Crippen molar-refractivity contribution in [2.75, 3.05) is 19.6 Å². The lowest BCUT2D eigenvalue weighted by Gasteiger charge is -2.32. The lowest BCUT2D eigenvalue weighted by molar-refractivity contribution is 0.0905. The summed E-state index contributed by atoms with van der Waals surface area (Å²) >= 11 is 0. The number of amides is 1. The van der Waals surface area contributed by atoms with E-state index < -0.39 is 0 Å². The van der Waals surface area contributed by atoms with Crippen LogP contribution in [0.5, 0.6) is 0 Å². The minimum atomic E-state index is -0.0536. The quantitative estimate of drug-likeness (QED) is 0.880. The molecule has 0 bridgehead atoms. The molecule has 0 unspecified atom stereocenters. The first-order chi connectivity index (χ1) is 12.1. The molecule has 1 aliphatic rings. The Morgan fingerprint density at radius 3 is 2.56 bits per heavy atom. The second kappa shape index (κ2) is 8.30. The Morgan fingerprint density at radius 2 is 1.92 bits per heavy atom. The average Bonchev–Trinajstić information content (AvgIpc) is 3.13. The highest BCUT2D eigenvalue weighted by Gasteiger charge is 2.22. The predicted molar refractivity (Wildman–Crippen MR) is 99.7 cm³/mol. The van der Waals surface area contributed by atoms with E-state index in [4.69, 9.17) is 0 Å². The molecule has 0 spiro atoms. The molecule has 0 saturated carbocycles. The van der Waals surface area contributed by atoms with Crippen molar-refractivity contribution < 1.29 is 4.79 Å². The third kappa shape index (κ3) is 4.92. The minimum Gasteiger partial charge on any atom is -0.348 e. The van der Waals surface area contributed by atoms with E-state index in [0.29, 0.717) is 5.69 Å². The topological polar surface area (TPSA) is 50.2 Å². The molecule has 1 N–H and O–H groups in total. The normalized spacial score (nSPS) is 16.3. The van der Waals surface area contributed by atoms with Gasteiger partial charge in [-0.05, 0) is 44.7 Å². The molecule has 5 heteroatoms. The number of nitrogens with zero attached hydrogens (tertiary/aromatic N) is 3. The Hall–Kier alpha value is -2.14. The van der Waals surface area contributed by atoms with Crippen LogP contribution in [-0.2, 0) is 6.42 Å². The van der Waals surface area contributed by atoms with Crippen LogP contribution < -0.4 is 5.32 Å². The van der Waals surface area contributed by atoms with E-state index in [2.05, 4.69) is 59.5 Å². The predicted octanol–water partition coefficient (Wildman–Crippen LogP) is 2.90. The summed E-state index contributed by atoms with van der Waals surface area (Å²) in [6.45, 7) is 7.28. The molecule has 0 aliphatic carbocycles. The molecule has 1 aromatic heterocycles. The molecule has 0 radical (unpaired) electrons. The maximum atomic E-state index is 12.3. The van der Waals surface area contributed by atoms with Gasteiger partial charge < -0.3 is 10.2 Å². The van der Waals surface area contributed by atoms with Gasteiger partial charge in [0.15, 0.2) is 0 Å². The van der Waals surface area contributed by atoms with Crippen molar-refractivity contribution in [3.05, 3.63) is 53.9 Å². The number of nitrogens with one attached hydrogen (secondary N) is 1. The van der Waals surface area contributed by atoms with Crippen LogP contribution in [0.4, 0.5) is 0 Å². The van der Waals surface area contributed by atoms with Crippen molar-refractivity contribution in [1.82, 2.24) is 20.0 Å². The maximum absolute atomic E-state index is 12.3. The van der Waals surface area contributed by atoms with E-state index in [1.54, 1.807) is 6.07 Å². The molecule has 1 fully saturated rings. The molecule has 1 aromatic carbocycles. The van der Waals surface area contributed by atoms with Gasteiger partial charge >= 0.3 is 0 Å². The van der Waals surface area contributed by atoms with Crippen LogP contribution in [0.3, 0.4) is 0 Å². The molecule has 3 rings (SSSR count). The fourth-order valence-electron chi connectivity index (χ4n) is 3.24. The number of hydrogen-bond acceptors (Lipinski definition) is 3. The summed E-state index contributed by atoms with van der Waals surface area (Å²) in [6, 6.07) is 12.9. The summed E-state index contributed by atoms with van der Waals surface area (Å²) < 4.78 is 1.82. The van der Waals surface area contributed by atoms with Gasteiger partial charge in [-0.2, -0.15) is 5.10 Å². The van der Waals surface area contributed by atoms with Crippen molar-refractivity contribution in [2.24, 2.45) is 0 Å². The van der Waals surface area contributed by atoms with Gasteiger partial charge in [0.2, 0.25) is 0 Å². The van der Waals surface area contributed by atoms with Gasteiger partial charge in [0, 0.05) is 37.9 Å². The fraction of sp³-hybridized carbons (Fsp3) is 0.500. The van der Waals surface area contributed by atoms with Gasteiger partial charge in [-0.25, -0.2) is 0 Å². The molecule has 134 valence electrons. The summed E-state index contributed by atoms with van der Waals surface area (Å²) in [7, 11) is 0. The monoisotopic (exact) mass is 340 g/mol. The summed E-state index contributed by atoms with van der Waals surface area (Å²) in [5, 5.41) is 7.49. The summed E-state index contributed by atoms with van der Waals surface area (Å²) in [6.07, 6.45) is 4.97. The van der Waals surface area contributed by atoms with Crippen LogP contribution >= 0.6 is 0 Å². The van der Waals surface area contributed by atoms with Crippen molar-refractivity contribution in [3.63, 3.8) is 0 Å². The zero-order chi connectivity index (χ0) is 17.6. The van der Waals surface area contributed by atoms with Crippen LogP contribution in [-0.4, -0.2) is 46.3 Å². The number of piperidine rings is 1. The number of aromatic nitrogens is 2. The number of benzene rings is 1. The fourth-order valence-corrected chi connectivity index (χ4v) is 3.24. The van der Waals surface area contributed by atoms with Gasteiger partial charge in [0.25, 0.3) is 5.91 Å². The molecule has 0 atom stereocenters. The number of carbonyl (C=O) groups is 1. The second-order valence-electron chi connectivity index (χ2n) is 7.10. The Morgan fingerprint density at radius 1 is 1.20 bits per heavy atom. The van der Waals surface area contributed by atoms with Crippen LogP contribution in [0.1, 0.15) is 48.8 Å². The van der Waals surface area contributed by atoms with Crippen molar-refractivity contribution in [2.45, 2.75) is 45.2 Å². The van der Waals surface area contributed by atoms with E-state index in [0.717, 1.165) is 38.9 Å². The molecule has 2 aromatic rings. The second-order valence-corrected chi connectivity index (χ2v) is 7.10. The first-order valence-electron chi connectivity index (χ1n) is 9.24. The standard InChI is InChI=1S/C20H28N4O/c1-16(2)24-15-11-19(22-24)20(25)21-18-9-13-23(14-10-18)12-8-17-6-4-3-5-7-17/h3-7,11,15-16,18H,8-10,12-14H2,1-2H3,(H,21,25).